The molecule has 0 amide bonds. The number of nitrogens with zero attached hydrogens (tertiary/aromatic N) is 1. The van der Waals surface area contributed by atoms with E-state index in [9.17, 15) is 0 Å². The highest BCUT2D eigenvalue weighted by atomic mass is 15.0. The van der Waals surface area contributed by atoms with Crippen molar-refractivity contribution in [2.45, 2.75) is 19.3 Å². The second-order valence-electron chi connectivity index (χ2n) is 18.0. The van der Waals surface area contributed by atoms with Crippen LogP contribution in [0.5, 0.6) is 0 Å². The lowest BCUT2D eigenvalue weighted by Gasteiger charge is -2.23. The molecule has 12 aromatic rings. The van der Waals surface area contributed by atoms with Gasteiger partial charge in [-0.1, -0.05) is 196 Å². The van der Waals surface area contributed by atoms with E-state index in [1.165, 1.54) is 127 Å². The molecule has 0 bridgehead atoms. The first kappa shape index (κ1) is 36.6. The Morgan fingerprint density at radius 3 is 1.55 bits per heavy atom. The van der Waals surface area contributed by atoms with Crippen molar-refractivity contribution in [1.29, 1.82) is 0 Å². The molecule has 0 atom stereocenters. The summed E-state index contributed by atoms with van der Waals surface area (Å²) in [4.78, 5) is 0. The maximum atomic E-state index is 2.52. The molecule has 0 saturated carbocycles. The van der Waals surface area contributed by atoms with E-state index >= 15 is 0 Å². The number of aromatic nitrogens is 1. The Morgan fingerprint density at radius 2 is 0.844 bits per heavy atom. The minimum atomic E-state index is -0.143. The lowest BCUT2D eigenvalue weighted by molar-refractivity contribution is 0.664. The Morgan fingerprint density at radius 1 is 0.312 bits per heavy atom. The number of fused-ring (bicyclic) bond motifs is 13. The molecular formula is C63H43N. The van der Waals surface area contributed by atoms with E-state index < -0.39 is 0 Å². The van der Waals surface area contributed by atoms with Crippen LogP contribution in [0.3, 0.4) is 0 Å². The Bertz CT molecular complexity index is 3850. The highest BCUT2D eigenvalue weighted by Gasteiger charge is 2.38. The molecule has 11 aromatic carbocycles. The summed E-state index contributed by atoms with van der Waals surface area (Å²) in [5.41, 5.74) is 18.7. The van der Waals surface area contributed by atoms with Gasteiger partial charge in [-0.15, -0.1) is 0 Å². The molecule has 0 spiro atoms. The lowest BCUT2D eigenvalue weighted by Crippen LogP contribution is -2.16. The second kappa shape index (κ2) is 14.0. The molecular weight excluding hydrogens is 771 g/mol. The van der Waals surface area contributed by atoms with Crippen LogP contribution in [0.25, 0.3) is 115 Å². The molecule has 1 aliphatic carbocycles. The summed E-state index contributed by atoms with van der Waals surface area (Å²) in [5.74, 6) is 0. The minimum Gasteiger partial charge on any atom is -0.309 e. The summed E-state index contributed by atoms with van der Waals surface area (Å²) in [6.07, 6.45) is 0. The van der Waals surface area contributed by atoms with Gasteiger partial charge in [0.25, 0.3) is 0 Å². The Hall–Kier alpha value is -8.00. The van der Waals surface area contributed by atoms with Crippen LogP contribution < -0.4 is 0 Å². The number of hydrogen-bond acceptors (Lipinski definition) is 0. The zero-order valence-electron chi connectivity index (χ0n) is 35.8. The van der Waals surface area contributed by atoms with Gasteiger partial charge in [0.1, 0.15) is 0 Å². The van der Waals surface area contributed by atoms with Crippen LogP contribution in [0.15, 0.2) is 224 Å². The smallest absolute Gasteiger partial charge is 0.0588 e. The first-order valence-electron chi connectivity index (χ1n) is 22.4. The van der Waals surface area contributed by atoms with Gasteiger partial charge >= 0.3 is 0 Å². The van der Waals surface area contributed by atoms with Gasteiger partial charge in [-0.2, -0.15) is 0 Å². The third kappa shape index (κ3) is 5.44. The predicted molar refractivity (Wildman–Crippen MR) is 273 cm³/mol. The molecule has 300 valence electrons. The van der Waals surface area contributed by atoms with Gasteiger partial charge in [-0.25, -0.2) is 0 Å². The van der Waals surface area contributed by atoms with Crippen LogP contribution >= 0.6 is 0 Å². The molecule has 1 aliphatic rings. The van der Waals surface area contributed by atoms with E-state index in [0.29, 0.717) is 0 Å². The summed E-state index contributed by atoms with van der Waals surface area (Å²) in [6.45, 7) is 4.78. The molecule has 0 unspecified atom stereocenters. The Kier molecular flexibility index (Phi) is 8.02. The summed E-state index contributed by atoms with van der Waals surface area (Å²) >= 11 is 0. The van der Waals surface area contributed by atoms with Gasteiger partial charge in [0.15, 0.2) is 0 Å². The topological polar surface area (TPSA) is 4.93 Å². The molecule has 64 heavy (non-hydrogen) atoms. The van der Waals surface area contributed by atoms with Gasteiger partial charge in [-0.3, -0.25) is 0 Å². The molecule has 0 radical (unpaired) electrons. The van der Waals surface area contributed by atoms with E-state index in [-0.39, 0.29) is 5.41 Å². The summed E-state index contributed by atoms with van der Waals surface area (Å²) in [5, 5.41) is 10.3. The highest BCUT2D eigenvalue weighted by molar-refractivity contribution is 6.29. The number of para-hydroxylation sites is 1. The third-order valence-electron chi connectivity index (χ3n) is 14.1. The molecule has 1 heteroatoms. The molecule has 0 saturated heterocycles. The van der Waals surface area contributed by atoms with Gasteiger partial charge in [0, 0.05) is 21.9 Å². The summed E-state index contributed by atoms with van der Waals surface area (Å²) in [7, 11) is 0. The molecule has 13 rings (SSSR count). The Labute approximate surface area is 373 Å². The molecule has 1 aromatic heterocycles. The van der Waals surface area contributed by atoms with Crippen molar-refractivity contribution in [3.63, 3.8) is 0 Å². The van der Waals surface area contributed by atoms with Crippen molar-refractivity contribution in [2.24, 2.45) is 0 Å². The quantitative estimate of drug-likeness (QED) is 0.153. The first-order chi connectivity index (χ1) is 31.5. The van der Waals surface area contributed by atoms with Crippen molar-refractivity contribution in [2.75, 3.05) is 0 Å². The van der Waals surface area contributed by atoms with E-state index in [1.807, 2.05) is 0 Å². The van der Waals surface area contributed by atoms with Crippen LogP contribution in [0.1, 0.15) is 25.0 Å². The molecule has 1 heterocycles. The number of benzene rings is 11. The zero-order valence-corrected chi connectivity index (χ0v) is 35.8. The van der Waals surface area contributed by atoms with Crippen LogP contribution in [0.2, 0.25) is 0 Å². The predicted octanol–water partition coefficient (Wildman–Crippen LogP) is 17.2. The SMILES string of the molecule is CC1(C)c2ccccc2-c2ccc3c4ccc(-c5cccc(-c6cccc(-c7cc(-c8ccccc8)c8c9ccccc9c9ccccc9c8c7)c6)c5)cc4n(-c4ccccc4)c3c21. The van der Waals surface area contributed by atoms with Gasteiger partial charge in [0.2, 0.25) is 0 Å². The largest absolute Gasteiger partial charge is 0.309 e. The van der Waals surface area contributed by atoms with E-state index in [4.69, 9.17) is 0 Å². The van der Waals surface area contributed by atoms with Gasteiger partial charge in [0.05, 0.1) is 11.0 Å². The second-order valence-corrected chi connectivity index (χ2v) is 18.0. The molecule has 1 nitrogen and oxygen atoms in total. The molecule has 0 fully saturated rings. The van der Waals surface area contributed by atoms with Crippen LogP contribution in [0, 0.1) is 0 Å². The standard InChI is InChI=1S/C63H43N/c1-63(2)58-30-14-13-28-51(58)54-33-34-55-52-32-31-45(39-59(52)64(62(55)61(54)63)47-23-7-4-8-24-47)43-21-15-19-41(35-43)42-20-16-22-44(36-42)46-37-56(40-17-5-3-6-18-40)60-53-29-12-11-26-49(53)48-25-9-10-27-50(48)57(60)38-46/h3-39H,1-2H3. The molecule has 0 N–H and O–H groups in total. The third-order valence-corrected chi connectivity index (χ3v) is 14.1. The summed E-state index contributed by atoms with van der Waals surface area (Å²) < 4.78 is 2.52. The van der Waals surface area contributed by atoms with Crippen LogP contribution in [-0.4, -0.2) is 4.57 Å². The fourth-order valence-electron chi connectivity index (χ4n) is 11.2. The van der Waals surface area contributed by atoms with Crippen LogP contribution in [0.4, 0.5) is 0 Å². The lowest BCUT2D eigenvalue weighted by atomic mass is 9.81. The fourth-order valence-corrected chi connectivity index (χ4v) is 11.2. The first-order valence-corrected chi connectivity index (χ1v) is 22.4. The normalized spacial score (nSPS) is 13.0. The Balaban J connectivity index is 0.962. The zero-order chi connectivity index (χ0) is 42.5. The monoisotopic (exact) mass is 813 g/mol. The van der Waals surface area contributed by atoms with Gasteiger partial charge < -0.3 is 4.57 Å². The van der Waals surface area contributed by atoms with Gasteiger partial charge in [-0.05, 0) is 142 Å². The molecule has 0 aliphatic heterocycles. The minimum absolute atomic E-state index is 0.143. The maximum absolute atomic E-state index is 2.52. The van der Waals surface area contributed by atoms with Crippen LogP contribution in [-0.2, 0) is 5.41 Å². The van der Waals surface area contributed by atoms with E-state index in [1.54, 1.807) is 0 Å². The van der Waals surface area contributed by atoms with E-state index in [2.05, 4.69) is 243 Å². The average molecular weight is 814 g/mol. The number of hydrogen-bond donors (Lipinski definition) is 0. The van der Waals surface area contributed by atoms with Crippen molar-refractivity contribution in [1.82, 2.24) is 4.57 Å². The summed E-state index contributed by atoms with van der Waals surface area (Å²) in [6, 6.07) is 83.3. The highest BCUT2D eigenvalue weighted by Crippen LogP contribution is 2.53. The average Bonchev–Trinajstić information content (AvgIpc) is 3.82. The maximum Gasteiger partial charge on any atom is 0.0588 e. The van der Waals surface area contributed by atoms with E-state index in [0.717, 1.165) is 0 Å². The van der Waals surface area contributed by atoms with Crippen molar-refractivity contribution in [3.05, 3.63) is 236 Å². The van der Waals surface area contributed by atoms with Crippen molar-refractivity contribution in [3.8, 4) is 61.3 Å². The fraction of sp³-hybridized carbons (Fsp3) is 0.0476. The number of rotatable bonds is 5. The van der Waals surface area contributed by atoms with Crippen molar-refractivity contribution >= 4 is 54.1 Å². The van der Waals surface area contributed by atoms with Crippen molar-refractivity contribution < 1.29 is 0 Å².